The van der Waals surface area contributed by atoms with Gasteiger partial charge in [0.25, 0.3) is 0 Å². The molecule has 1 aromatic heterocycles. The molecule has 5 heteroatoms. The first-order valence-electron chi connectivity index (χ1n) is 7.63. The molecule has 2 heterocycles. The van der Waals surface area contributed by atoms with Crippen molar-refractivity contribution in [3.63, 3.8) is 0 Å². The van der Waals surface area contributed by atoms with Gasteiger partial charge in [0.1, 0.15) is 5.75 Å². The molecule has 1 aromatic rings. The summed E-state index contributed by atoms with van der Waals surface area (Å²) in [6, 6.07) is 1.80. The van der Waals surface area contributed by atoms with E-state index in [-0.39, 0.29) is 11.3 Å². The number of hydrogen-bond donors (Lipinski definition) is 0. The molecule has 0 amide bonds. The smallest absolute Gasteiger partial charge is 0.184 e. The summed E-state index contributed by atoms with van der Waals surface area (Å²) < 4.78 is 10.6. The number of carbonyl (C=O) groups is 1. The van der Waals surface area contributed by atoms with Crippen molar-refractivity contribution in [1.82, 2.24) is 9.88 Å². The lowest BCUT2D eigenvalue weighted by molar-refractivity contribution is -0.0130. The number of pyridine rings is 1. The average Bonchev–Trinajstić information content (AvgIpc) is 3.06. The highest BCUT2D eigenvalue weighted by molar-refractivity contribution is 6.03. The van der Waals surface area contributed by atoms with Crippen LogP contribution in [0.3, 0.4) is 0 Å². The number of hydrogen-bond acceptors (Lipinski definition) is 5. The second-order valence-corrected chi connectivity index (χ2v) is 5.78. The molecule has 1 aliphatic heterocycles. The number of morpholine rings is 1. The number of carbonyl (C=O) groups excluding carboxylic acids is 1. The number of Topliss-reactive ketones (excluding diaryl/α,β-unsaturated/α-hetero) is 1. The van der Waals surface area contributed by atoms with E-state index in [0.717, 1.165) is 38.8 Å². The lowest BCUT2D eigenvalue weighted by Crippen LogP contribution is -2.56. The Balaban J connectivity index is 1.90. The van der Waals surface area contributed by atoms with E-state index in [1.165, 1.54) is 0 Å². The van der Waals surface area contributed by atoms with Crippen LogP contribution >= 0.6 is 0 Å². The fraction of sp³-hybridized carbons (Fsp3) is 0.625. The van der Waals surface area contributed by atoms with Gasteiger partial charge in [-0.2, -0.15) is 0 Å². The minimum Gasteiger partial charge on any atom is -0.495 e. The second kappa shape index (κ2) is 6.12. The third kappa shape index (κ3) is 2.68. The van der Waals surface area contributed by atoms with E-state index in [4.69, 9.17) is 9.47 Å². The van der Waals surface area contributed by atoms with Gasteiger partial charge < -0.3 is 9.47 Å². The van der Waals surface area contributed by atoms with E-state index >= 15 is 0 Å². The highest BCUT2D eigenvalue weighted by atomic mass is 16.5. The standard InChI is InChI=1S/C16H22N2O3/c1-20-14-10-13(11-17-12-14)15(19)16(4-2-3-5-16)18-6-8-21-9-7-18/h10-12H,2-9H2,1H3. The topological polar surface area (TPSA) is 51.7 Å². The molecule has 1 saturated carbocycles. The zero-order valence-electron chi connectivity index (χ0n) is 12.5. The quantitative estimate of drug-likeness (QED) is 0.793. The maximum atomic E-state index is 13.2. The molecule has 3 rings (SSSR count). The molecule has 0 unspecified atom stereocenters. The normalized spacial score (nSPS) is 22.1. The Labute approximate surface area is 125 Å². The molecule has 2 aliphatic rings. The molecule has 114 valence electrons. The zero-order chi connectivity index (χ0) is 14.7. The summed E-state index contributed by atoms with van der Waals surface area (Å²) in [5.74, 6) is 0.823. The van der Waals surface area contributed by atoms with Crippen LogP contribution in [0.5, 0.6) is 5.75 Å². The maximum Gasteiger partial charge on any atom is 0.184 e. The first-order valence-corrected chi connectivity index (χ1v) is 7.63. The van der Waals surface area contributed by atoms with Crippen molar-refractivity contribution < 1.29 is 14.3 Å². The van der Waals surface area contributed by atoms with Gasteiger partial charge in [0.2, 0.25) is 0 Å². The zero-order valence-corrected chi connectivity index (χ0v) is 12.5. The molecule has 2 fully saturated rings. The SMILES string of the molecule is COc1cncc(C(=O)C2(N3CCOCC3)CCCC2)c1. The number of nitrogens with zero attached hydrogens (tertiary/aromatic N) is 2. The van der Waals surface area contributed by atoms with E-state index in [9.17, 15) is 4.79 Å². The molecule has 5 nitrogen and oxygen atoms in total. The average molecular weight is 290 g/mol. The van der Waals surface area contributed by atoms with Crippen molar-refractivity contribution >= 4 is 5.78 Å². The van der Waals surface area contributed by atoms with Gasteiger partial charge in [0.15, 0.2) is 5.78 Å². The Hall–Kier alpha value is -1.46. The Morgan fingerprint density at radius 3 is 2.67 bits per heavy atom. The van der Waals surface area contributed by atoms with Gasteiger partial charge in [-0.1, -0.05) is 12.8 Å². The summed E-state index contributed by atoms with van der Waals surface area (Å²) in [7, 11) is 1.60. The molecule has 1 saturated heterocycles. The summed E-state index contributed by atoms with van der Waals surface area (Å²) >= 11 is 0. The first kappa shape index (κ1) is 14.5. The maximum absolute atomic E-state index is 13.2. The van der Waals surface area contributed by atoms with E-state index in [2.05, 4.69) is 9.88 Å². The van der Waals surface area contributed by atoms with Crippen LogP contribution in [0, 0.1) is 0 Å². The van der Waals surface area contributed by atoms with Gasteiger partial charge in [-0.15, -0.1) is 0 Å². The van der Waals surface area contributed by atoms with Gasteiger partial charge >= 0.3 is 0 Å². The van der Waals surface area contributed by atoms with Crippen LogP contribution in [0.4, 0.5) is 0 Å². The van der Waals surface area contributed by atoms with Gasteiger partial charge in [0.05, 0.1) is 32.1 Å². The number of aromatic nitrogens is 1. The Morgan fingerprint density at radius 1 is 1.29 bits per heavy atom. The minimum atomic E-state index is -0.363. The Kier molecular flexibility index (Phi) is 4.22. The van der Waals surface area contributed by atoms with Crippen molar-refractivity contribution in [1.29, 1.82) is 0 Å². The molecule has 0 spiro atoms. The molecular weight excluding hydrogens is 268 g/mol. The highest BCUT2D eigenvalue weighted by Crippen LogP contribution is 2.38. The van der Waals surface area contributed by atoms with E-state index in [1.807, 2.05) is 0 Å². The molecule has 0 bridgehead atoms. The van der Waals surface area contributed by atoms with Crippen molar-refractivity contribution in [2.45, 2.75) is 31.2 Å². The number of ketones is 1. The van der Waals surface area contributed by atoms with Gasteiger partial charge in [-0.3, -0.25) is 14.7 Å². The summed E-state index contributed by atoms with van der Waals surface area (Å²) in [5.41, 5.74) is 0.292. The minimum absolute atomic E-state index is 0.188. The number of rotatable bonds is 4. The highest BCUT2D eigenvalue weighted by Gasteiger charge is 2.46. The van der Waals surface area contributed by atoms with Gasteiger partial charge in [-0.05, 0) is 18.9 Å². The molecule has 0 aromatic carbocycles. The van der Waals surface area contributed by atoms with Crippen molar-refractivity contribution in [2.75, 3.05) is 33.4 Å². The largest absolute Gasteiger partial charge is 0.495 e. The van der Waals surface area contributed by atoms with Gasteiger partial charge in [-0.25, -0.2) is 0 Å². The lowest BCUT2D eigenvalue weighted by atomic mass is 9.86. The van der Waals surface area contributed by atoms with Crippen LogP contribution in [-0.2, 0) is 4.74 Å². The molecule has 0 radical (unpaired) electrons. The lowest BCUT2D eigenvalue weighted by Gasteiger charge is -2.42. The van der Waals surface area contributed by atoms with Crippen molar-refractivity contribution in [2.24, 2.45) is 0 Å². The van der Waals surface area contributed by atoms with Crippen LogP contribution in [0.2, 0.25) is 0 Å². The molecule has 0 atom stereocenters. The second-order valence-electron chi connectivity index (χ2n) is 5.78. The van der Waals surface area contributed by atoms with E-state index in [1.54, 1.807) is 25.6 Å². The Morgan fingerprint density at radius 2 is 2.00 bits per heavy atom. The summed E-state index contributed by atoms with van der Waals surface area (Å²) in [6.07, 6.45) is 7.38. The van der Waals surface area contributed by atoms with Crippen LogP contribution < -0.4 is 4.74 Å². The monoisotopic (exact) mass is 290 g/mol. The molecule has 21 heavy (non-hydrogen) atoms. The molecular formula is C16H22N2O3. The van der Waals surface area contributed by atoms with Crippen LogP contribution in [-0.4, -0.2) is 54.6 Å². The Bertz CT molecular complexity index is 506. The van der Waals surface area contributed by atoms with Crippen LogP contribution in [0.25, 0.3) is 0 Å². The van der Waals surface area contributed by atoms with Crippen LogP contribution in [0.1, 0.15) is 36.0 Å². The molecule has 1 aliphatic carbocycles. The summed E-state index contributed by atoms with van der Waals surface area (Å²) in [5, 5.41) is 0. The van der Waals surface area contributed by atoms with Crippen molar-refractivity contribution in [3.05, 3.63) is 24.0 Å². The predicted molar refractivity (Wildman–Crippen MR) is 78.7 cm³/mol. The number of ether oxygens (including phenoxy) is 2. The first-order chi connectivity index (χ1) is 10.3. The third-order valence-corrected chi connectivity index (χ3v) is 4.68. The van der Waals surface area contributed by atoms with E-state index in [0.29, 0.717) is 24.5 Å². The van der Waals surface area contributed by atoms with Crippen LogP contribution in [0.15, 0.2) is 18.5 Å². The van der Waals surface area contributed by atoms with Crippen molar-refractivity contribution in [3.8, 4) is 5.75 Å². The summed E-state index contributed by atoms with van der Waals surface area (Å²) in [6.45, 7) is 3.10. The fourth-order valence-electron chi connectivity index (χ4n) is 3.56. The fourth-order valence-corrected chi connectivity index (χ4v) is 3.56. The summed E-state index contributed by atoms with van der Waals surface area (Å²) in [4.78, 5) is 19.6. The molecule has 0 N–H and O–H groups in total. The number of methoxy groups -OCH3 is 1. The predicted octanol–water partition coefficient (Wildman–Crippen LogP) is 1.92. The third-order valence-electron chi connectivity index (χ3n) is 4.68. The van der Waals surface area contributed by atoms with E-state index < -0.39 is 0 Å². The van der Waals surface area contributed by atoms with Gasteiger partial charge in [0, 0.05) is 24.8 Å².